The first-order valence-corrected chi connectivity index (χ1v) is 13.7. The molecule has 0 spiro atoms. The zero-order valence-electron chi connectivity index (χ0n) is 22.7. The summed E-state index contributed by atoms with van der Waals surface area (Å²) in [6.07, 6.45) is 5.93. The molecule has 0 atom stereocenters. The number of nitrogens with zero attached hydrogens (tertiary/aromatic N) is 6. The lowest BCUT2D eigenvalue weighted by Crippen LogP contribution is -2.52. The lowest BCUT2D eigenvalue weighted by Gasteiger charge is -2.42. The summed E-state index contributed by atoms with van der Waals surface area (Å²) in [5, 5.41) is 7.74. The second-order valence-electron chi connectivity index (χ2n) is 10.4. The van der Waals surface area contributed by atoms with Crippen molar-refractivity contribution in [3.8, 4) is 5.75 Å². The monoisotopic (exact) mass is 524 g/mol. The van der Waals surface area contributed by atoms with E-state index in [1.807, 2.05) is 42.6 Å². The molecule has 9 nitrogen and oxygen atoms in total. The highest BCUT2D eigenvalue weighted by Crippen LogP contribution is 2.34. The van der Waals surface area contributed by atoms with E-state index < -0.39 is 0 Å². The second kappa shape index (κ2) is 11.4. The molecule has 0 unspecified atom stereocenters. The van der Waals surface area contributed by atoms with Crippen molar-refractivity contribution in [3.05, 3.63) is 67.0 Å². The van der Waals surface area contributed by atoms with Gasteiger partial charge in [0, 0.05) is 68.6 Å². The Bertz CT molecular complexity index is 1410. The van der Waals surface area contributed by atoms with Gasteiger partial charge in [0.1, 0.15) is 11.6 Å². The number of hydrogen-bond acceptors (Lipinski definition) is 9. The molecule has 0 radical (unpaired) electrons. The number of likely N-dealkylation sites (N-methyl/N-ethyl adjacent to an activating group) is 1. The Morgan fingerprint density at radius 1 is 0.846 bits per heavy atom. The number of ether oxygens (including phenoxy) is 1. The summed E-state index contributed by atoms with van der Waals surface area (Å²) in [6, 6.07) is 18.9. The molecular weight excluding hydrogens is 488 g/mol. The first-order valence-electron chi connectivity index (χ1n) is 13.7. The first kappa shape index (κ1) is 25.3. The summed E-state index contributed by atoms with van der Waals surface area (Å²) in [4.78, 5) is 21.1. The summed E-state index contributed by atoms with van der Waals surface area (Å²) >= 11 is 0. The van der Waals surface area contributed by atoms with Crippen LogP contribution in [0.25, 0.3) is 10.9 Å². The molecule has 2 aliphatic heterocycles. The van der Waals surface area contributed by atoms with Crippen LogP contribution in [-0.4, -0.2) is 84.2 Å². The number of hydrogen-bond donors (Lipinski definition) is 2. The number of pyridine rings is 1. The highest BCUT2D eigenvalue weighted by Gasteiger charge is 2.27. The molecule has 0 saturated carbocycles. The topological polar surface area (TPSA) is 81.7 Å². The van der Waals surface area contributed by atoms with E-state index in [4.69, 9.17) is 4.74 Å². The molecule has 0 amide bonds. The molecule has 2 aromatic heterocycles. The van der Waals surface area contributed by atoms with Gasteiger partial charge in [-0.25, -0.2) is 4.98 Å². The van der Waals surface area contributed by atoms with Gasteiger partial charge in [0.05, 0.1) is 30.2 Å². The highest BCUT2D eigenvalue weighted by molar-refractivity contribution is 5.82. The van der Waals surface area contributed by atoms with E-state index in [1.165, 1.54) is 39.0 Å². The Kier molecular flexibility index (Phi) is 7.42. The highest BCUT2D eigenvalue weighted by atomic mass is 16.5. The number of rotatable bonds is 7. The SMILES string of the molecule is COc1cc(Nc2nccc(Nc3cnc4ccccc4c3)n2)ccc1N1CCC(N2CCN(C)CC2)CC1. The van der Waals surface area contributed by atoms with E-state index in [-0.39, 0.29) is 0 Å². The minimum Gasteiger partial charge on any atom is -0.495 e. The summed E-state index contributed by atoms with van der Waals surface area (Å²) < 4.78 is 5.81. The maximum atomic E-state index is 5.81. The average Bonchev–Trinajstić information content (AvgIpc) is 2.98. The molecule has 2 aromatic carbocycles. The van der Waals surface area contributed by atoms with Crippen molar-refractivity contribution in [2.75, 3.05) is 69.0 Å². The van der Waals surface area contributed by atoms with Gasteiger partial charge in [-0.3, -0.25) is 9.88 Å². The molecule has 4 aromatic rings. The Hall–Kier alpha value is -3.95. The molecule has 6 rings (SSSR count). The molecule has 4 heterocycles. The lowest BCUT2D eigenvalue weighted by molar-refractivity contribution is 0.0981. The summed E-state index contributed by atoms with van der Waals surface area (Å²) in [6.45, 7) is 6.80. The first-order chi connectivity index (χ1) is 19.1. The molecule has 2 N–H and O–H groups in total. The molecule has 39 heavy (non-hydrogen) atoms. The molecule has 0 aliphatic carbocycles. The predicted octanol–water partition coefficient (Wildman–Crippen LogP) is 4.74. The predicted molar refractivity (Wildman–Crippen MR) is 158 cm³/mol. The van der Waals surface area contributed by atoms with E-state index in [2.05, 4.69) is 65.5 Å². The van der Waals surface area contributed by atoms with E-state index >= 15 is 0 Å². The number of piperidine rings is 1. The molecule has 2 aliphatic rings. The maximum absolute atomic E-state index is 5.81. The zero-order valence-corrected chi connectivity index (χ0v) is 22.7. The number of fused-ring (bicyclic) bond motifs is 1. The largest absolute Gasteiger partial charge is 0.495 e. The molecule has 2 fully saturated rings. The van der Waals surface area contributed by atoms with Crippen LogP contribution < -0.4 is 20.3 Å². The third-order valence-electron chi connectivity index (χ3n) is 7.81. The number of aromatic nitrogens is 3. The Morgan fingerprint density at radius 2 is 1.67 bits per heavy atom. The zero-order chi connectivity index (χ0) is 26.6. The van der Waals surface area contributed by atoms with E-state index in [0.29, 0.717) is 17.8 Å². The van der Waals surface area contributed by atoms with Gasteiger partial charge < -0.3 is 25.2 Å². The van der Waals surface area contributed by atoms with E-state index in [9.17, 15) is 0 Å². The van der Waals surface area contributed by atoms with Crippen molar-refractivity contribution in [2.24, 2.45) is 0 Å². The third-order valence-corrected chi connectivity index (χ3v) is 7.81. The smallest absolute Gasteiger partial charge is 0.229 e. The van der Waals surface area contributed by atoms with Crippen molar-refractivity contribution in [3.63, 3.8) is 0 Å². The van der Waals surface area contributed by atoms with Gasteiger partial charge in [-0.1, -0.05) is 18.2 Å². The molecule has 0 bridgehead atoms. The van der Waals surface area contributed by atoms with Crippen LogP contribution in [0, 0.1) is 0 Å². The average molecular weight is 525 g/mol. The Morgan fingerprint density at radius 3 is 2.49 bits per heavy atom. The number of para-hydroxylation sites is 1. The van der Waals surface area contributed by atoms with Crippen LogP contribution >= 0.6 is 0 Å². The molecular formula is C30H36N8O. The molecule has 202 valence electrons. The van der Waals surface area contributed by atoms with E-state index in [0.717, 1.165) is 46.8 Å². The van der Waals surface area contributed by atoms with Crippen LogP contribution in [0.4, 0.5) is 28.8 Å². The van der Waals surface area contributed by atoms with E-state index in [1.54, 1.807) is 13.3 Å². The van der Waals surface area contributed by atoms with Gasteiger partial charge in [-0.05, 0) is 50.2 Å². The van der Waals surface area contributed by atoms with Gasteiger partial charge in [-0.2, -0.15) is 4.98 Å². The number of anilines is 5. The second-order valence-corrected chi connectivity index (χ2v) is 10.4. The van der Waals surface area contributed by atoms with Crippen LogP contribution in [0.1, 0.15) is 12.8 Å². The van der Waals surface area contributed by atoms with Crippen molar-refractivity contribution >= 4 is 39.7 Å². The summed E-state index contributed by atoms with van der Waals surface area (Å²) in [5.74, 6) is 2.06. The van der Waals surface area contributed by atoms with Crippen LogP contribution in [0.3, 0.4) is 0 Å². The lowest BCUT2D eigenvalue weighted by atomic mass is 10.0. The number of methoxy groups -OCH3 is 1. The maximum Gasteiger partial charge on any atom is 0.229 e. The minimum absolute atomic E-state index is 0.511. The third kappa shape index (κ3) is 5.89. The fourth-order valence-corrected chi connectivity index (χ4v) is 5.58. The minimum atomic E-state index is 0.511. The van der Waals surface area contributed by atoms with Gasteiger partial charge in [0.25, 0.3) is 0 Å². The fraction of sp³-hybridized carbons (Fsp3) is 0.367. The van der Waals surface area contributed by atoms with Gasteiger partial charge in [0.2, 0.25) is 5.95 Å². The quantitative estimate of drug-likeness (QED) is 0.356. The Labute approximate surface area is 229 Å². The van der Waals surface area contributed by atoms with Gasteiger partial charge in [0.15, 0.2) is 0 Å². The van der Waals surface area contributed by atoms with Crippen molar-refractivity contribution in [1.29, 1.82) is 0 Å². The normalized spacial score (nSPS) is 17.3. The molecule has 2 saturated heterocycles. The number of piperazine rings is 1. The summed E-state index contributed by atoms with van der Waals surface area (Å²) in [5.41, 5.74) is 3.86. The molecule has 9 heteroatoms. The van der Waals surface area contributed by atoms with Crippen LogP contribution in [0.5, 0.6) is 5.75 Å². The Balaban J connectivity index is 1.10. The number of benzene rings is 2. The number of nitrogens with one attached hydrogen (secondary N) is 2. The van der Waals surface area contributed by atoms with Crippen LogP contribution in [0.15, 0.2) is 67.0 Å². The fourth-order valence-electron chi connectivity index (χ4n) is 5.58. The van der Waals surface area contributed by atoms with Crippen LogP contribution in [0.2, 0.25) is 0 Å². The van der Waals surface area contributed by atoms with Gasteiger partial charge in [-0.15, -0.1) is 0 Å². The van der Waals surface area contributed by atoms with Gasteiger partial charge >= 0.3 is 0 Å². The standard InChI is InChI=1S/C30H36N8O/c1-36-15-17-37(18-16-36)25-10-13-38(14-11-25)27-8-7-23(20-28(27)39-2)34-30-31-12-9-29(35-30)33-24-19-22-5-3-4-6-26(22)32-21-24/h3-9,12,19-21,25H,10-11,13-18H2,1-2H3,(H2,31,33,34,35). The van der Waals surface area contributed by atoms with Crippen molar-refractivity contribution in [1.82, 2.24) is 24.8 Å². The summed E-state index contributed by atoms with van der Waals surface area (Å²) in [7, 11) is 3.95. The van der Waals surface area contributed by atoms with Crippen LogP contribution in [-0.2, 0) is 0 Å². The van der Waals surface area contributed by atoms with Crippen molar-refractivity contribution in [2.45, 2.75) is 18.9 Å². The van der Waals surface area contributed by atoms with Crippen molar-refractivity contribution < 1.29 is 4.74 Å².